The lowest BCUT2D eigenvalue weighted by Gasteiger charge is -2.41. The monoisotopic (exact) mass is 542 g/mol. The van der Waals surface area contributed by atoms with Crippen molar-refractivity contribution in [1.82, 2.24) is 10.6 Å². The molecule has 1 unspecified atom stereocenters. The van der Waals surface area contributed by atoms with Crippen LogP contribution in [0.25, 0.3) is 0 Å². The number of ether oxygens (including phenoxy) is 1. The van der Waals surface area contributed by atoms with Crippen LogP contribution in [0.3, 0.4) is 0 Å². The van der Waals surface area contributed by atoms with Gasteiger partial charge in [0, 0.05) is 18.2 Å². The molecule has 0 aromatic heterocycles. The number of rotatable bonds is 8. The van der Waals surface area contributed by atoms with Gasteiger partial charge in [0.05, 0.1) is 12.1 Å². The van der Waals surface area contributed by atoms with Gasteiger partial charge in [-0.2, -0.15) is 0 Å². The van der Waals surface area contributed by atoms with Crippen LogP contribution in [0.1, 0.15) is 83.9 Å². The highest BCUT2D eigenvalue weighted by atomic mass is 19.1. The van der Waals surface area contributed by atoms with Crippen molar-refractivity contribution in [1.29, 1.82) is 0 Å². The molecule has 2 aromatic rings. The van der Waals surface area contributed by atoms with Gasteiger partial charge in [0.25, 0.3) is 0 Å². The molecule has 0 saturated heterocycles. The predicted molar refractivity (Wildman–Crippen MR) is 152 cm³/mol. The van der Waals surface area contributed by atoms with Crippen LogP contribution in [-0.2, 0) is 22.1 Å². The number of aliphatic hydroxyl groups is 1. The molecule has 1 fully saturated rings. The Kier molecular flexibility index (Phi) is 9.60. The summed E-state index contributed by atoms with van der Waals surface area (Å²) in [5, 5.41) is 17.7. The third-order valence-electron chi connectivity index (χ3n) is 7.29. The molecule has 3 rings (SSSR count). The fourth-order valence-corrected chi connectivity index (χ4v) is 5.05. The molecule has 2 atom stereocenters. The summed E-state index contributed by atoms with van der Waals surface area (Å²) in [4.78, 5) is 12.6. The molecule has 0 spiro atoms. The summed E-state index contributed by atoms with van der Waals surface area (Å²) < 4.78 is 33.2. The highest BCUT2D eigenvalue weighted by molar-refractivity contribution is 5.68. The first-order valence-electron chi connectivity index (χ1n) is 13.7. The molecule has 2 aromatic carbocycles. The largest absolute Gasteiger partial charge is 0.444 e. The third kappa shape index (κ3) is 8.87. The van der Waals surface area contributed by atoms with Gasteiger partial charge in [-0.1, -0.05) is 57.2 Å². The predicted octanol–water partition coefficient (Wildman–Crippen LogP) is 6.67. The van der Waals surface area contributed by atoms with E-state index in [1.807, 2.05) is 0 Å². The average molecular weight is 543 g/mol. The zero-order valence-electron chi connectivity index (χ0n) is 24.2. The Balaban J connectivity index is 1.86. The zero-order valence-corrected chi connectivity index (χ0v) is 24.2. The van der Waals surface area contributed by atoms with Crippen molar-refractivity contribution in [3.8, 4) is 0 Å². The molecule has 1 aliphatic carbocycles. The smallest absolute Gasteiger partial charge is 0.407 e. The Morgan fingerprint density at radius 2 is 1.67 bits per heavy atom. The number of halogens is 2. The van der Waals surface area contributed by atoms with Crippen molar-refractivity contribution < 1.29 is 23.4 Å². The zero-order chi connectivity index (χ0) is 29.0. The van der Waals surface area contributed by atoms with Gasteiger partial charge in [-0.25, -0.2) is 13.6 Å². The summed E-state index contributed by atoms with van der Waals surface area (Å²) in [7, 11) is 0. The van der Waals surface area contributed by atoms with Gasteiger partial charge in [0.15, 0.2) is 0 Å². The third-order valence-corrected chi connectivity index (χ3v) is 7.29. The normalized spacial score (nSPS) is 17.4. The van der Waals surface area contributed by atoms with Crippen molar-refractivity contribution in [2.45, 2.75) is 102 Å². The number of benzene rings is 2. The van der Waals surface area contributed by atoms with Crippen LogP contribution in [0.2, 0.25) is 0 Å². The van der Waals surface area contributed by atoms with Crippen molar-refractivity contribution in [3.63, 3.8) is 0 Å². The lowest BCUT2D eigenvalue weighted by atomic mass is 9.73. The maximum atomic E-state index is 13.9. The number of allylic oxidation sites excluding steroid dienone is 1. The molecule has 0 bridgehead atoms. The summed E-state index contributed by atoms with van der Waals surface area (Å²) in [5.74, 6) is -1.43. The fraction of sp³-hybridized carbons (Fsp3) is 0.531. The van der Waals surface area contributed by atoms with Crippen LogP contribution in [-0.4, -0.2) is 35.5 Å². The molecular weight excluding hydrogens is 498 g/mol. The van der Waals surface area contributed by atoms with Crippen molar-refractivity contribution in [2.24, 2.45) is 0 Å². The van der Waals surface area contributed by atoms with E-state index in [1.165, 1.54) is 23.3 Å². The van der Waals surface area contributed by atoms with Crippen LogP contribution >= 0.6 is 0 Å². The number of nitrogens with one attached hydrogen (secondary N) is 2. The van der Waals surface area contributed by atoms with Crippen molar-refractivity contribution in [3.05, 3.63) is 82.9 Å². The van der Waals surface area contributed by atoms with Crippen LogP contribution in [0.5, 0.6) is 0 Å². The van der Waals surface area contributed by atoms with E-state index in [2.05, 4.69) is 62.2 Å². The van der Waals surface area contributed by atoms with Gasteiger partial charge in [-0.15, -0.1) is 0 Å². The van der Waals surface area contributed by atoms with Crippen molar-refractivity contribution >= 4 is 6.09 Å². The Bertz CT molecular complexity index is 1140. The topological polar surface area (TPSA) is 70.6 Å². The second-order valence-electron chi connectivity index (χ2n) is 12.8. The average Bonchev–Trinajstić information content (AvgIpc) is 2.81. The minimum Gasteiger partial charge on any atom is -0.444 e. The molecule has 0 radical (unpaired) electrons. The number of alkyl carbamates (subject to hydrolysis) is 1. The Labute approximate surface area is 232 Å². The van der Waals surface area contributed by atoms with E-state index in [4.69, 9.17) is 4.74 Å². The van der Waals surface area contributed by atoms with Crippen LogP contribution in [0.4, 0.5) is 13.6 Å². The van der Waals surface area contributed by atoms with Crippen LogP contribution in [0.15, 0.2) is 54.6 Å². The molecule has 1 saturated carbocycles. The minimum atomic E-state index is -1.06. The first-order chi connectivity index (χ1) is 18.1. The van der Waals surface area contributed by atoms with E-state index in [0.717, 1.165) is 37.3 Å². The van der Waals surface area contributed by atoms with Gasteiger partial charge in [-0.05, 0) is 87.1 Å². The molecule has 0 heterocycles. The highest BCUT2D eigenvalue weighted by Crippen LogP contribution is 2.40. The van der Waals surface area contributed by atoms with Gasteiger partial charge >= 0.3 is 6.09 Å². The Hall–Kier alpha value is -2.77. The van der Waals surface area contributed by atoms with E-state index in [0.29, 0.717) is 5.56 Å². The summed E-state index contributed by atoms with van der Waals surface area (Å²) in [5.41, 5.74) is 2.77. The molecule has 7 heteroatoms. The molecule has 39 heavy (non-hydrogen) atoms. The number of hydrogen-bond donors (Lipinski definition) is 3. The van der Waals surface area contributed by atoms with E-state index >= 15 is 0 Å². The summed E-state index contributed by atoms with van der Waals surface area (Å²) in [6.07, 6.45) is 1.65. The summed E-state index contributed by atoms with van der Waals surface area (Å²) >= 11 is 0. The fourth-order valence-electron chi connectivity index (χ4n) is 5.05. The van der Waals surface area contributed by atoms with Crippen LogP contribution < -0.4 is 10.6 Å². The Morgan fingerprint density at radius 3 is 2.23 bits per heavy atom. The molecule has 0 aliphatic heterocycles. The summed E-state index contributed by atoms with van der Waals surface area (Å²) in [6, 6.07) is 10.9. The Morgan fingerprint density at radius 1 is 1.05 bits per heavy atom. The molecule has 5 nitrogen and oxygen atoms in total. The number of carbonyl (C=O) groups excluding carboxylic acids is 1. The van der Waals surface area contributed by atoms with E-state index in [9.17, 15) is 18.7 Å². The maximum Gasteiger partial charge on any atom is 0.407 e. The number of aliphatic hydroxyl groups excluding tert-OH is 1. The van der Waals surface area contributed by atoms with Gasteiger partial charge in [-0.3, -0.25) is 0 Å². The molecule has 1 aliphatic rings. The quantitative estimate of drug-likeness (QED) is 0.326. The second-order valence-corrected chi connectivity index (χ2v) is 12.8. The lowest BCUT2D eigenvalue weighted by Crippen LogP contribution is -2.54. The van der Waals surface area contributed by atoms with Crippen LogP contribution in [0, 0.1) is 11.6 Å². The van der Waals surface area contributed by atoms with Gasteiger partial charge < -0.3 is 20.5 Å². The first kappa shape index (κ1) is 30.8. The lowest BCUT2D eigenvalue weighted by molar-refractivity contribution is 0.0409. The number of amides is 1. The van der Waals surface area contributed by atoms with Gasteiger partial charge in [0.1, 0.15) is 17.2 Å². The molecule has 214 valence electrons. The number of carbonyl (C=O) groups is 1. The van der Waals surface area contributed by atoms with E-state index < -0.39 is 35.5 Å². The maximum absolute atomic E-state index is 13.9. The summed E-state index contributed by atoms with van der Waals surface area (Å²) in [6.45, 7) is 16.1. The second kappa shape index (κ2) is 12.2. The van der Waals surface area contributed by atoms with Crippen molar-refractivity contribution in [2.75, 3.05) is 6.54 Å². The van der Waals surface area contributed by atoms with E-state index in [-0.39, 0.29) is 23.9 Å². The number of hydrogen-bond acceptors (Lipinski definition) is 4. The molecule has 1 amide bonds. The SMILES string of the molecule is C=C1CCC(NC[C@@H](O)C(Cc2cc(F)cc(F)c2)NC(=O)OC(C)(C)C)(c2cccc(C(C)(C)C)c2)CC1. The molecule has 3 N–H and O–H groups in total. The van der Waals surface area contributed by atoms with Gasteiger partial charge in [0.2, 0.25) is 0 Å². The molecular formula is C32H44F2N2O3. The van der Waals surface area contributed by atoms with E-state index in [1.54, 1.807) is 20.8 Å². The highest BCUT2D eigenvalue weighted by Gasteiger charge is 2.36. The minimum absolute atomic E-state index is 0.0162. The first-order valence-corrected chi connectivity index (χ1v) is 13.7. The standard InChI is InChI=1S/C32H44F2N2O3/c1-21-11-13-32(14-12-21,24-10-8-9-23(18-24)30(2,3)4)35-20-28(37)27(36-29(38)39-31(5,6)7)17-22-15-25(33)19-26(34)16-22/h8-10,15-16,18-19,27-28,35,37H,1,11-14,17,20H2,2-7H3,(H,36,38)/t27?,28-/m1/s1.